The minimum absolute atomic E-state index is 0.134. The van der Waals surface area contributed by atoms with Crippen molar-refractivity contribution in [3.05, 3.63) is 11.7 Å². The van der Waals surface area contributed by atoms with Gasteiger partial charge in [0.25, 0.3) is 0 Å². The normalized spacial score (nSPS) is 23.7. The molecule has 0 aromatic carbocycles. The summed E-state index contributed by atoms with van der Waals surface area (Å²) in [5, 5.41) is 7.75. The largest absolute Gasteiger partial charge is 0.381 e. The Hall–Kier alpha value is -0.980. The minimum Gasteiger partial charge on any atom is -0.381 e. The Morgan fingerprint density at radius 2 is 1.74 bits per heavy atom. The molecule has 1 aromatic rings. The van der Waals surface area contributed by atoms with Gasteiger partial charge in [-0.25, -0.2) is 0 Å². The second-order valence-corrected chi connectivity index (χ2v) is 6.97. The summed E-state index contributed by atoms with van der Waals surface area (Å²) in [5.41, 5.74) is 0. The molecule has 3 heterocycles. The molecule has 23 heavy (non-hydrogen) atoms. The maximum atomic E-state index is 5.51. The first-order valence-electron chi connectivity index (χ1n) is 8.94. The van der Waals surface area contributed by atoms with E-state index in [9.17, 15) is 0 Å². The number of hydrogen-bond acceptors (Lipinski definition) is 6. The summed E-state index contributed by atoms with van der Waals surface area (Å²) < 4.78 is 16.5. The maximum absolute atomic E-state index is 5.51. The fraction of sp³-hybridized carbons (Fsp3) is 0.882. The molecule has 0 unspecified atom stereocenters. The predicted molar refractivity (Wildman–Crippen MR) is 86.1 cm³/mol. The van der Waals surface area contributed by atoms with Crippen molar-refractivity contribution in [2.24, 2.45) is 11.8 Å². The Morgan fingerprint density at radius 3 is 2.35 bits per heavy atom. The van der Waals surface area contributed by atoms with E-state index in [1.165, 1.54) is 19.3 Å². The van der Waals surface area contributed by atoms with Gasteiger partial charge in [-0.2, -0.15) is 4.98 Å². The highest BCUT2D eigenvalue weighted by atomic mass is 16.5. The topological polar surface area (TPSA) is 69.4 Å². The van der Waals surface area contributed by atoms with Gasteiger partial charge in [-0.15, -0.1) is 0 Å². The third-order valence-corrected chi connectivity index (χ3v) is 5.04. The van der Waals surface area contributed by atoms with Crippen LogP contribution in [-0.2, 0) is 9.47 Å². The number of hydrogen-bond donors (Lipinski definition) is 1. The van der Waals surface area contributed by atoms with E-state index in [1.54, 1.807) is 0 Å². The highest BCUT2D eigenvalue weighted by molar-refractivity contribution is 4.96. The molecule has 130 valence electrons. The number of aromatic nitrogens is 2. The van der Waals surface area contributed by atoms with E-state index < -0.39 is 0 Å². The van der Waals surface area contributed by atoms with Gasteiger partial charge < -0.3 is 19.3 Å². The van der Waals surface area contributed by atoms with E-state index in [1.807, 2.05) is 6.92 Å². The molecule has 0 bridgehead atoms. The molecule has 2 aliphatic heterocycles. The fourth-order valence-electron chi connectivity index (χ4n) is 3.75. The highest BCUT2D eigenvalue weighted by Crippen LogP contribution is 2.31. The van der Waals surface area contributed by atoms with Crippen LogP contribution in [0.25, 0.3) is 0 Å². The summed E-state index contributed by atoms with van der Waals surface area (Å²) in [6, 6.07) is 0.563. The van der Waals surface area contributed by atoms with Crippen LogP contribution in [0, 0.1) is 18.8 Å². The van der Waals surface area contributed by atoms with Gasteiger partial charge in [-0.05, 0) is 57.8 Å². The molecular weight excluding hydrogens is 294 g/mol. The zero-order chi connectivity index (χ0) is 16.1. The molecule has 2 atom stereocenters. The number of ether oxygens (including phenoxy) is 2. The number of nitrogens with zero attached hydrogens (tertiary/aromatic N) is 2. The summed E-state index contributed by atoms with van der Waals surface area (Å²) >= 11 is 0. The first kappa shape index (κ1) is 16.9. The van der Waals surface area contributed by atoms with Crippen molar-refractivity contribution in [2.45, 2.75) is 58.0 Å². The lowest BCUT2D eigenvalue weighted by atomic mass is 9.89. The van der Waals surface area contributed by atoms with E-state index in [2.05, 4.69) is 22.4 Å². The van der Waals surface area contributed by atoms with Crippen molar-refractivity contribution in [3.8, 4) is 0 Å². The van der Waals surface area contributed by atoms with E-state index in [4.69, 9.17) is 14.0 Å². The van der Waals surface area contributed by atoms with Crippen LogP contribution in [0.3, 0.4) is 0 Å². The minimum atomic E-state index is 0.134. The standard InChI is InChI=1S/C17H29N3O3/c1-12(11-14-3-7-21-8-4-14)18-16(15-5-9-22-10-6-15)17-19-13(2)20-23-17/h12,14-16,18H,3-11H2,1-2H3/t12-,16+/m1/s1. The van der Waals surface area contributed by atoms with Crippen LogP contribution >= 0.6 is 0 Å². The van der Waals surface area contributed by atoms with E-state index >= 15 is 0 Å². The van der Waals surface area contributed by atoms with Crippen LogP contribution in [-0.4, -0.2) is 42.6 Å². The van der Waals surface area contributed by atoms with Crippen molar-refractivity contribution in [3.63, 3.8) is 0 Å². The molecule has 2 fully saturated rings. The molecule has 0 saturated carbocycles. The first-order valence-corrected chi connectivity index (χ1v) is 8.94. The smallest absolute Gasteiger partial charge is 0.244 e. The van der Waals surface area contributed by atoms with Crippen LogP contribution in [0.5, 0.6) is 0 Å². The summed E-state index contributed by atoms with van der Waals surface area (Å²) in [6.45, 7) is 7.60. The lowest BCUT2D eigenvalue weighted by Gasteiger charge is -2.32. The van der Waals surface area contributed by atoms with Crippen LogP contribution in [0.1, 0.15) is 56.8 Å². The Kier molecular flexibility index (Phi) is 6.02. The molecule has 2 aliphatic rings. The summed E-state index contributed by atoms with van der Waals surface area (Å²) in [6.07, 6.45) is 5.61. The van der Waals surface area contributed by atoms with Gasteiger partial charge in [0.05, 0.1) is 6.04 Å². The molecular formula is C17H29N3O3. The number of aryl methyl sites for hydroxylation is 1. The molecule has 6 heteroatoms. The third kappa shape index (κ3) is 4.75. The summed E-state index contributed by atoms with van der Waals surface area (Å²) in [7, 11) is 0. The van der Waals surface area contributed by atoms with Crippen LogP contribution in [0.2, 0.25) is 0 Å². The van der Waals surface area contributed by atoms with E-state index in [0.717, 1.165) is 51.1 Å². The van der Waals surface area contributed by atoms with E-state index in [-0.39, 0.29) is 6.04 Å². The zero-order valence-electron chi connectivity index (χ0n) is 14.3. The fourth-order valence-corrected chi connectivity index (χ4v) is 3.75. The van der Waals surface area contributed by atoms with Crippen molar-refractivity contribution in [2.75, 3.05) is 26.4 Å². The van der Waals surface area contributed by atoms with Crippen LogP contribution in [0.15, 0.2) is 4.52 Å². The molecule has 0 spiro atoms. The van der Waals surface area contributed by atoms with Crippen molar-refractivity contribution < 1.29 is 14.0 Å². The average molecular weight is 323 g/mol. The van der Waals surface area contributed by atoms with Gasteiger partial charge in [-0.3, -0.25) is 0 Å². The van der Waals surface area contributed by atoms with E-state index in [0.29, 0.717) is 17.8 Å². The quantitative estimate of drug-likeness (QED) is 0.868. The summed E-state index contributed by atoms with van der Waals surface area (Å²) in [4.78, 5) is 4.48. The van der Waals surface area contributed by atoms with Crippen molar-refractivity contribution >= 4 is 0 Å². The SMILES string of the molecule is Cc1noc([C@@H](N[C@H](C)CC2CCOCC2)C2CCOCC2)n1. The number of nitrogens with one attached hydrogen (secondary N) is 1. The average Bonchev–Trinajstić information content (AvgIpc) is 3.00. The maximum Gasteiger partial charge on any atom is 0.244 e. The predicted octanol–water partition coefficient (Wildman–Crippen LogP) is 2.64. The van der Waals surface area contributed by atoms with Gasteiger partial charge in [0.1, 0.15) is 0 Å². The monoisotopic (exact) mass is 323 g/mol. The Labute approximate surface area is 138 Å². The van der Waals surface area contributed by atoms with Gasteiger partial charge in [0.2, 0.25) is 5.89 Å². The van der Waals surface area contributed by atoms with Crippen molar-refractivity contribution in [1.82, 2.24) is 15.5 Å². The first-order chi connectivity index (χ1) is 11.2. The second-order valence-electron chi connectivity index (χ2n) is 6.97. The zero-order valence-corrected chi connectivity index (χ0v) is 14.3. The molecule has 0 aliphatic carbocycles. The van der Waals surface area contributed by atoms with Gasteiger partial charge >= 0.3 is 0 Å². The molecule has 2 saturated heterocycles. The van der Waals surface area contributed by atoms with Crippen molar-refractivity contribution in [1.29, 1.82) is 0 Å². The molecule has 0 amide bonds. The Morgan fingerprint density at radius 1 is 1.09 bits per heavy atom. The molecule has 1 N–H and O–H groups in total. The highest BCUT2D eigenvalue weighted by Gasteiger charge is 2.31. The Balaban J connectivity index is 1.62. The van der Waals surface area contributed by atoms with Crippen LogP contribution < -0.4 is 5.32 Å². The molecule has 3 rings (SSSR count). The summed E-state index contributed by atoms with van der Waals surface area (Å²) in [5.74, 6) is 2.69. The molecule has 0 radical (unpaired) electrons. The van der Waals surface area contributed by atoms with Gasteiger partial charge in [0, 0.05) is 32.5 Å². The second kappa shape index (κ2) is 8.22. The van der Waals surface area contributed by atoms with Crippen LogP contribution in [0.4, 0.5) is 0 Å². The number of rotatable bonds is 6. The van der Waals surface area contributed by atoms with Gasteiger partial charge in [-0.1, -0.05) is 5.16 Å². The lowest BCUT2D eigenvalue weighted by Crippen LogP contribution is -2.39. The third-order valence-electron chi connectivity index (χ3n) is 5.04. The Bertz CT molecular complexity index is 467. The van der Waals surface area contributed by atoms with Gasteiger partial charge in [0.15, 0.2) is 5.82 Å². The molecule has 1 aromatic heterocycles. The lowest BCUT2D eigenvalue weighted by molar-refractivity contribution is 0.0429. The molecule has 6 nitrogen and oxygen atoms in total.